The van der Waals surface area contributed by atoms with Crippen LogP contribution in [0.5, 0.6) is 0 Å². The van der Waals surface area contributed by atoms with Crippen LogP contribution in [-0.4, -0.2) is 27.3 Å². The summed E-state index contributed by atoms with van der Waals surface area (Å²) in [5.41, 5.74) is 3.12. The highest BCUT2D eigenvalue weighted by Crippen LogP contribution is 2.65. The van der Waals surface area contributed by atoms with Gasteiger partial charge in [0.25, 0.3) is 0 Å². The Morgan fingerprint density at radius 1 is 1.09 bits per heavy atom. The summed E-state index contributed by atoms with van der Waals surface area (Å²) in [6.45, 7) is 3.59. The Morgan fingerprint density at radius 3 is 2.42 bits per heavy atom. The quantitative estimate of drug-likeness (QED) is 0.215. The van der Waals surface area contributed by atoms with Crippen LogP contribution >= 0.6 is 39.1 Å². The normalized spacial score (nSPS) is 30.0. The molecule has 4 bridgehead atoms. The third-order valence-electron chi connectivity index (χ3n) is 7.89. The molecule has 0 aliphatic heterocycles. The minimum absolute atomic E-state index is 0.0391. The van der Waals surface area contributed by atoms with Crippen molar-refractivity contribution in [3.63, 3.8) is 0 Å². The molecule has 2 atom stereocenters. The Kier molecular flexibility index (Phi) is 5.98. The zero-order valence-electron chi connectivity index (χ0n) is 18.9. The van der Waals surface area contributed by atoms with E-state index in [2.05, 4.69) is 15.9 Å². The summed E-state index contributed by atoms with van der Waals surface area (Å²) in [7, 11) is 0. The van der Waals surface area contributed by atoms with E-state index in [9.17, 15) is 9.59 Å². The van der Waals surface area contributed by atoms with Crippen LogP contribution in [0.25, 0.3) is 5.69 Å². The molecule has 6 rings (SSSR count). The standard InChI is InChI=1S/C26H28BrCl2NO3/c1-15-5-20(16(2)30(15)19-3-4-21(28)22(29)7-19)23(31)13-33-24(32)12-25-8-17-6-18(9-25)11-26(27,10-17)14-25/h3-5,7,17-18H,6,8-14H2,1-2H3/t17-,18-,25?,26?/m1/s1. The van der Waals surface area contributed by atoms with Crippen LogP contribution in [0.2, 0.25) is 10.0 Å². The van der Waals surface area contributed by atoms with Gasteiger partial charge in [0.2, 0.25) is 5.78 Å². The van der Waals surface area contributed by atoms with Crippen molar-refractivity contribution in [1.82, 2.24) is 4.57 Å². The molecule has 1 aromatic carbocycles. The number of ether oxygens (including phenoxy) is 1. The van der Waals surface area contributed by atoms with Crippen LogP contribution in [-0.2, 0) is 9.53 Å². The number of halogens is 3. The van der Waals surface area contributed by atoms with Crippen molar-refractivity contribution in [2.24, 2.45) is 17.3 Å². The number of Topliss-reactive ketones (excluding diaryl/α,β-unsaturated/α-hetero) is 1. The highest BCUT2D eigenvalue weighted by atomic mass is 79.9. The molecule has 0 radical (unpaired) electrons. The predicted molar refractivity (Wildman–Crippen MR) is 134 cm³/mol. The molecule has 1 aromatic heterocycles. The molecule has 7 heteroatoms. The van der Waals surface area contributed by atoms with Gasteiger partial charge in [-0.3, -0.25) is 9.59 Å². The Bertz CT molecular complexity index is 1130. The average Bonchev–Trinajstić information content (AvgIpc) is 3.00. The third kappa shape index (κ3) is 4.41. The Balaban J connectivity index is 1.25. The zero-order chi connectivity index (χ0) is 23.5. The molecule has 0 amide bonds. The monoisotopic (exact) mass is 551 g/mol. The first kappa shape index (κ1) is 23.4. The number of hydrogen-bond acceptors (Lipinski definition) is 3. The van der Waals surface area contributed by atoms with Crippen molar-refractivity contribution in [3.8, 4) is 5.69 Å². The van der Waals surface area contributed by atoms with Gasteiger partial charge < -0.3 is 9.30 Å². The molecule has 4 aliphatic rings. The van der Waals surface area contributed by atoms with Gasteiger partial charge in [-0.1, -0.05) is 39.1 Å². The molecule has 4 nitrogen and oxygen atoms in total. The maximum Gasteiger partial charge on any atom is 0.306 e. The van der Waals surface area contributed by atoms with E-state index in [0.29, 0.717) is 33.9 Å². The van der Waals surface area contributed by atoms with E-state index in [-0.39, 0.29) is 28.1 Å². The number of esters is 1. The first-order chi connectivity index (χ1) is 15.6. The molecule has 0 saturated heterocycles. The Morgan fingerprint density at radius 2 is 1.79 bits per heavy atom. The van der Waals surface area contributed by atoms with Gasteiger partial charge in [-0.2, -0.15) is 0 Å². The highest BCUT2D eigenvalue weighted by Gasteiger charge is 2.57. The minimum Gasteiger partial charge on any atom is -0.457 e. The molecule has 2 aromatic rings. The number of hydrogen-bond donors (Lipinski definition) is 0. The van der Waals surface area contributed by atoms with E-state index in [4.69, 9.17) is 27.9 Å². The second-order valence-electron chi connectivity index (χ2n) is 10.6. The van der Waals surface area contributed by atoms with E-state index in [1.807, 2.05) is 30.5 Å². The average molecular weight is 553 g/mol. The minimum atomic E-state index is -0.250. The van der Waals surface area contributed by atoms with E-state index in [1.165, 1.54) is 19.3 Å². The largest absolute Gasteiger partial charge is 0.457 e. The molecule has 0 unspecified atom stereocenters. The summed E-state index contributed by atoms with van der Waals surface area (Å²) in [6.07, 6.45) is 7.46. The maximum atomic E-state index is 13.0. The fourth-order valence-electron chi connectivity index (χ4n) is 7.19. The number of nitrogens with zero attached hydrogens (tertiary/aromatic N) is 1. The summed E-state index contributed by atoms with van der Waals surface area (Å²) >= 11 is 16.2. The second-order valence-corrected chi connectivity index (χ2v) is 13.1. The van der Waals surface area contributed by atoms with Gasteiger partial charge in [-0.15, -0.1) is 0 Å². The van der Waals surface area contributed by atoms with Crippen molar-refractivity contribution in [2.45, 2.75) is 63.1 Å². The van der Waals surface area contributed by atoms with E-state index < -0.39 is 0 Å². The summed E-state index contributed by atoms with van der Waals surface area (Å²) in [4.78, 5) is 25.8. The molecule has 0 N–H and O–H groups in total. The molecule has 4 saturated carbocycles. The van der Waals surface area contributed by atoms with Gasteiger partial charge in [0.05, 0.1) is 16.5 Å². The first-order valence-electron chi connectivity index (χ1n) is 11.6. The van der Waals surface area contributed by atoms with Crippen molar-refractivity contribution >= 4 is 50.9 Å². The van der Waals surface area contributed by atoms with Crippen LogP contribution in [0.3, 0.4) is 0 Å². The lowest BCUT2D eigenvalue weighted by atomic mass is 9.49. The number of alkyl halides is 1. The fourth-order valence-corrected chi connectivity index (χ4v) is 8.99. The van der Waals surface area contributed by atoms with Crippen molar-refractivity contribution in [1.29, 1.82) is 0 Å². The number of aromatic nitrogens is 1. The number of ketones is 1. The van der Waals surface area contributed by atoms with Crippen molar-refractivity contribution in [3.05, 3.63) is 51.3 Å². The Labute approximate surface area is 213 Å². The molecule has 0 spiro atoms. The van der Waals surface area contributed by atoms with Crippen LogP contribution in [0.15, 0.2) is 24.3 Å². The van der Waals surface area contributed by atoms with Crippen molar-refractivity contribution < 1.29 is 14.3 Å². The lowest BCUT2D eigenvalue weighted by molar-refractivity contribution is -0.149. The van der Waals surface area contributed by atoms with Crippen LogP contribution in [0, 0.1) is 31.1 Å². The molecule has 4 fully saturated rings. The van der Waals surface area contributed by atoms with Gasteiger partial charge in [0.1, 0.15) is 0 Å². The summed E-state index contributed by atoms with van der Waals surface area (Å²) in [5, 5.41) is 0.939. The summed E-state index contributed by atoms with van der Waals surface area (Å²) in [6, 6.07) is 7.22. The van der Waals surface area contributed by atoms with E-state index in [1.54, 1.807) is 12.1 Å². The molecular formula is C26H28BrCl2NO3. The maximum absolute atomic E-state index is 13.0. The fraction of sp³-hybridized carbons (Fsp3) is 0.538. The highest BCUT2D eigenvalue weighted by molar-refractivity contribution is 9.10. The van der Waals surface area contributed by atoms with Gasteiger partial charge in [-0.25, -0.2) is 0 Å². The third-order valence-corrected chi connectivity index (χ3v) is 9.55. The molecule has 4 aliphatic carbocycles. The number of benzene rings is 1. The van der Waals surface area contributed by atoms with Crippen LogP contribution in [0.1, 0.15) is 66.7 Å². The van der Waals surface area contributed by atoms with E-state index >= 15 is 0 Å². The van der Waals surface area contributed by atoms with Gasteiger partial charge in [-0.05, 0) is 93.9 Å². The number of carbonyl (C=O) groups is 2. The molecule has 176 valence electrons. The smallest absolute Gasteiger partial charge is 0.306 e. The molecule has 1 heterocycles. The Hall–Kier alpha value is -1.30. The number of aryl methyl sites for hydroxylation is 1. The van der Waals surface area contributed by atoms with Crippen molar-refractivity contribution in [2.75, 3.05) is 6.61 Å². The predicted octanol–water partition coefficient (Wildman–Crippen LogP) is 7.25. The SMILES string of the molecule is Cc1cc(C(=O)COC(=O)CC23C[C@H]4C[C@@H](CC(Br)(C4)C2)C3)c(C)n1-c1ccc(Cl)c(Cl)c1. The van der Waals surface area contributed by atoms with Crippen LogP contribution < -0.4 is 0 Å². The van der Waals surface area contributed by atoms with E-state index in [0.717, 1.165) is 36.3 Å². The van der Waals surface area contributed by atoms with Crippen LogP contribution in [0.4, 0.5) is 0 Å². The summed E-state index contributed by atoms with van der Waals surface area (Å²) < 4.78 is 7.69. The van der Waals surface area contributed by atoms with Gasteiger partial charge >= 0.3 is 5.97 Å². The number of carbonyl (C=O) groups excluding carboxylic acids is 2. The first-order valence-corrected chi connectivity index (χ1v) is 13.1. The zero-order valence-corrected chi connectivity index (χ0v) is 22.0. The van der Waals surface area contributed by atoms with Gasteiger partial charge in [0, 0.05) is 27.0 Å². The number of rotatable bonds is 6. The van der Waals surface area contributed by atoms with Gasteiger partial charge in [0.15, 0.2) is 6.61 Å². The molecule has 33 heavy (non-hydrogen) atoms. The second kappa shape index (κ2) is 8.42. The topological polar surface area (TPSA) is 48.3 Å². The summed E-state index contributed by atoms with van der Waals surface area (Å²) in [5.74, 6) is 0.989. The molecular weight excluding hydrogens is 525 g/mol. The lowest BCUT2D eigenvalue weighted by Gasteiger charge is -2.60. The lowest BCUT2D eigenvalue weighted by Crippen LogP contribution is -2.53.